The van der Waals surface area contributed by atoms with Gasteiger partial charge in [0, 0.05) is 19.0 Å². The predicted octanol–water partition coefficient (Wildman–Crippen LogP) is -0.0979. The maximum absolute atomic E-state index is 11.7. The molecule has 2 amide bonds. The lowest BCUT2D eigenvalue weighted by Gasteiger charge is -2.11. The molecule has 0 aliphatic carbocycles. The molecule has 7 heteroatoms. The fourth-order valence-electron chi connectivity index (χ4n) is 1.38. The Bertz CT molecular complexity index is 418. The van der Waals surface area contributed by atoms with E-state index in [0.29, 0.717) is 5.82 Å². The van der Waals surface area contributed by atoms with Gasteiger partial charge in [-0.05, 0) is 26.0 Å². The predicted molar refractivity (Wildman–Crippen MR) is 66.9 cm³/mol. The molecule has 0 spiro atoms. The number of amides is 2. The van der Waals surface area contributed by atoms with Crippen molar-refractivity contribution in [3.05, 3.63) is 17.8 Å². The van der Waals surface area contributed by atoms with Crippen LogP contribution in [-0.4, -0.2) is 34.6 Å². The molecule has 0 saturated heterocycles. The first kappa shape index (κ1) is 13.9. The Hall–Kier alpha value is -2.18. The van der Waals surface area contributed by atoms with Gasteiger partial charge >= 0.3 is 0 Å². The number of hydrogen-bond donors (Lipinski definition) is 3. The first-order valence-electron chi connectivity index (χ1n) is 5.69. The molecule has 1 aromatic rings. The highest BCUT2D eigenvalue weighted by molar-refractivity contribution is 5.92. The largest absolute Gasteiger partial charge is 0.370 e. The Morgan fingerprint density at radius 1 is 1.39 bits per heavy atom. The summed E-state index contributed by atoms with van der Waals surface area (Å²) < 4.78 is 0. The molecule has 1 heterocycles. The molecule has 0 aliphatic heterocycles. The van der Waals surface area contributed by atoms with Crippen LogP contribution in [-0.2, 0) is 4.79 Å². The molecule has 0 aromatic carbocycles. The number of carbonyl (C=O) groups is 2. The quantitative estimate of drug-likeness (QED) is 0.654. The minimum atomic E-state index is -0.462. The summed E-state index contributed by atoms with van der Waals surface area (Å²) in [6.07, 6.45) is 0.0919. The maximum atomic E-state index is 11.7. The standard InChI is InChI=1S/C11H17N5O2/c1-3-13-10-5-4-8(15-16-10)11(18)14-7(2)6-9(12)17/h4-5,7H,3,6H2,1-2H3,(H2,12,17)(H,13,16)(H,14,18). The number of aromatic nitrogens is 2. The van der Waals surface area contributed by atoms with E-state index in [-0.39, 0.29) is 24.1 Å². The lowest BCUT2D eigenvalue weighted by atomic mass is 10.2. The number of nitrogens with one attached hydrogen (secondary N) is 2. The summed E-state index contributed by atoms with van der Waals surface area (Å²) in [6, 6.07) is 2.91. The second-order valence-corrected chi connectivity index (χ2v) is 3.88. The maximum Gasteiger partial charge on any atom is 0.272 e. The number of nitrogens with two attached hydrogens (primary N) is 1. The zero-order chi connectivity index (χ0) is 13.5. The van der Waals surface area contributed by atoms with Gasteiger partial charge in [-0.15, -0.1) is 10.2 Å². The van der Waals surface area contributed by atoms with Crippen molar-refractivity contribution in [1.29, 1.82) is 0 Å². The fourth-order valence-corrected chi connectivity index (χ4v) is 1.38. The number of rotatable bonds is 6. The van der Waals surface area contributed by atoms with Crippen LogP contribution in [0.2, 0.25) is 0 Å². The smallest absolute Gasteiger partial charge is 0.272 e. The molecular formula is C11H17N5O2. The van der Waals surface area contributed by atoms with E-state index >= 15 is 0 Å². The number of hydrogen-bond acceptors (Lipinski definition) is 5. The number of nitrogens with zero attached hydrogens (tertiary/aromatic N) is 2. The van der Waals surface area contributed by atoms with Crippen molar-refractivity contribution in [3.8, 4) is 0 Å². The zero-order valence-corrected chi connectivity index (χ0v) is 10.4. The van der Waals surface area contributed by atoms with Gasteiger partial charge in [-0.1, -0.05) is 0 Å². The van der Waals surface area contributed by atoms with Gasteiger partial charge < -0.3 is 16.4 Å². The highest BCUT2D eigenvalue weighted by atomic mass is 16.2. The van der Waals surface area contributed by atoms with Crippen molar-refractivity contribution < 1.29 is 9.59 Å². The third kappa shape index (κ3) is 4.36. The van der Waals surface area contributed by atoms with Crippen LogP contribution in [0.25, 0.3) is 0 Å². The average molecular weight is 251 g/mol. The summed E-state index contributed by atoms with van der Waals surface area (Å²) in [7, 11) is 0. The molecule has 98 valence electrons. The first-order valence-corrected chi connectivity index (χ1v) is 5.69. The molecule has 0 radical (unpaired) electrons. The van der Waals surface area contributed by atoms with Crippen LogP contribution in [0.5, 0.6) is 0 Å². The highest BCUT2D eigenvalue weighted by Gasteiger charge is 2.13. The van der Waals surface area contributed by atoms with Gasteiger partial charge in [-0.3, -0.25) is 9.59 Å². The van der Waals surface area contributed by atoms with Crippen LogP contribution in [0.15, 0.2) is 12.1 Å². The zero-order valence-electron chi connectivity index (χ0n) is 10.4. The molecule has 7 nitrogen and oxygen atoms in total. The fraction of sp³-hybridized carbons (Fsp3) is 0.455. The Morgan fingerprint density at radius 2 is 2.11 bits per heavy atom. The lowest BCUT2D eigenvalue weighted by molar-refractivity contribution is -0.118. The van der Waals surface area contributed by atoms with Gasteiger partial charge in [0.25, 0.3) is 5.91 Å². The van der Waals surface area contributed by atoms with Crippen LogP contribution in [0.3, 0.4) is 0 Å². The second-order valence-electron chi connectivity index (χ2n) is 3.88. The molecule has 0 fully saturated rings. The highest BCUT2D eigenvalue weighted by Crippen LogP contribution is 2.02. The molecule has 1 atom stereocenters. The van der Waals surface area contributed by atoms with E-state index < -0.39 is 5.91 Å². The Balaban J connectivity index is 2.58. The molecule has 4 N–H and O–H groups in total. The van der Waals surface area contributed by atoms with E-state index in [1.165, 1.54) is 0 Å². The van der Waals surface area contributed by atoms with E-state index in [1.807, 2.05) is 6.92 Å². The average Bonchev–Trinajstić information content (AvgIpc) is 2.29. The molecular weight excluding hydrogens is 234 g/mol. The first-order chi connectivity index (χ1) is 8.52. The minimum Gasteiger partial charge on any atom is -0.370 e. The summed E-state index contributed by atoms with van der Waals surface area (Å²) >= 11 is 0. The molecule has 18 heavy (non-hydrogen) atoms. The molecule has 1 aromatic heterocycles. The van der Waals surface area contributed by atoms with Gasteiger partial charge in [-0.2, -0.15) is 0 Å². The topological polar surface area (TPSA) is 110 Å². The van der Waals surface area contributed by atoms with Gasteiger partial charge in [0.05, 0.1) is 0 Å². The van der Waals surface area contributed by atoms with Crippen molar-refractivity contribution in [2.24, 2.45) is 5.73 Å². The van der Waals surface area contributed by atoms with Crippen LogP contribution in [0.4, 0.5) is 5.82 Å². The second kappa shape index (κ2) is 6.53. The van der Waals surface area contributed by atoms with Gasteiger partial charge in [0.1, 0.15) is 5.82 Å². The van der Waals surface area contributed by atoms with E-state index in [0.717, 1.165) is 6.54 Å². The summed E-state index contributed by atoms with van der Waals surface area (Å²) in [4.78, 5) is 22.4. The van der Waals surface area contributed by atoms with Crippen molar-refractivity contribution in [1.82, 2.24) is 15.5 Å². The van der Waals surface area contributed by atoms with Crippen molar-refractivity contribution >= 4 is 17.6 Å². The van der Waals surface area contributed by atoms with Crippen LogP contribution in [0, 0.1) is 0 Å². The van der Waals surface area contributed by atoms with Crippen LogP contribution in [0.1, 0.15) is 30.8 Å². The Labute approximate surface area is 105 Å². The van der Waals surface area contributed by atoms with E-state index in [1.54, 1.807) is 19.1 Å². The number of primary amides is 1. The molecule has 0 bridgehead atoms. The number of carbonyl (C=O) groups excluding carboxylic acids is 2. The normalized spacial score (nSPS) is 11.7. The van der Waals surface area contributed by atoms with E-state index in [9.17, 15) is 9.59 Å². The molecule has 0 saturated carbocycles. The van der Waals surface area contributed by atoms with Gasteiger partial charge in [0.15, 0.2) is 5.69 Å². The summed E-state index contributed by atoms with van der Waals surface area (Å²) in [5, 5.41) is 13.2. The van der Waals surface area contributed by atoms with Crippen LogP contribution >= 0.6 is 0 Å². The third-order valence-corrected chi connectivity index (χ3v) is 2.14. The lowest BCUT2D eigenvalue weighted by Crippen LogP contribution is -2.36. The monoisotopic (exact) mass is 251 g/mol. The Morgan fingerprint density at radius 3 is 2.61 bits per heavy atom. The van der Waals surface area contributed by atoms with Crippen molar-refractivity contribution in [2.45, 2.75) is 26.3 Å². The van der Waals surface area contributed by atoms with Gasteiger partial charge in [-0.25, -0.2) is 0 Å². The molecule has 1 unspecified atom stereocenters. The summed E-state index contributed by atoms with van der Waals surface area (Å²) in [5.74, 6) is -0.227. The number of anilines is 1. The minimum absolute atomic E-state index is 0.0919. The van der Waals surface area contributed by atoms with Crippen molar-refractivity contribution in [3.63, 3.8) is 0 Å². The molecule has 1 rings (SSSR count). The van der Waals surface area contributed by atoms with E-state index in [2.05, 4.69) is 20.8 Å². The van der Waals surface area contributed by atoms with E-state index in [4.69, 9.17) is 5.73 Å². The SMILES string of the molecule is CCNc1ccc(C(=O)NC(C)CC(N)=O)nn1. The third-order valence-electron chi connectivity index (χ3n) is 2.14. The summed E-state index contributed by atoms with van der Waals surface area (Å²) in [6.45, 7) is 4.37. The van der Waals surface area contributed by atoms with Gasteiger partial charge in [0.2, 0.25) is 5.91 Å². The van der Waals surface area contributed by atoms with Crippen molar-refractivity contribution in [2.75, 3.05) is 11.9 Å². The molecule has 0 aliphatic rings. The van der Waals surface area contributed by atoms with Crippen LogP contribution < -0.4 is 16.4 Å². The summed E-state index contributed by atoms with van der Waals surface area (Å²) in [5.41, 5.74) is 5.24. The Kier molecular flexibility index (Phi) is 5.04.